The number of para-hydroxylation sites is 1. The number of aromatic nitrogens is 1. The van der Waals surface area contributed by atoms with E-state index in [9.17, 15) is 9.59 Å². The molecule has 0 aliphatic carbocycles. The fourth-order valence-electron chi connectivity index (χ4n) is 2.87. The average Bonchev–Trinajstić information content (AvgIpc) is 2.65. The van der Waals surface area contributed by atoms with Gasteiger partial charge in [0.2, 0.25) is 0 Å². The summed E-state index contributed by atoms with van der Waals surface area (Å²) in [5.41, 5.74) is 3.04. The molecular formula is C23H23NO3. The Morgan fingerprint density at radius 3 is 2.26 bits per heavy atom. The van der Waals surface area contributed by atoms with Gasteiger partial charge in [0.1, 0.15) is 0 Å². The Bertz CT molecular complexity index is 1000. The van der Waals surface area contributed by atoms with E-state index >= 15 is 0 Å². The Hall–Kier alpha value is -3.01. The number of fused-ring (bicyclic) bond motifs is 1. The molecule has 3 rings (SSSR count). The summed E-state index contributed by atoms with van der Waals surface area (Å²) in [5, 5.41) is 0.725. The van der Waals surface area contributed by atoms with E-state index < -0.39 is 11.4 Å². The van der Waals surface area contributed by atoms with E-state index in [0.717, 1.165) is 27.7 Å². The molecule has 0 saturated heterocycles. The van der Waals surface area contributed by atoms with Gasteiger partial charge in [0.15, 0.2) is 12.4 Å². The topological polar surface area (TPSA) is 56.3 Å². The number of carbonyl (C=O) groups excluding carboxylic acids is 2. The number of esters is 1. The molecule has 2 aromatic carbocycles. The molecule has 0 fully saturated rings. The molecule has 0 bridgehead atoms. The summed E-state index contributed by atoms with van der Waals surface area (Å²) in [6.07, 6.45) is 0. The van der Waals surface area contributed by atoms with Crippen molar-refractivity contribution in [2.24, 2.45) is 5.41 Å². The van der Waals surface area contributed by atoms with Crippen LogP contribution in [0.3, 0.4) is 0 Å². The number of ether oxygens (including phenoxy) is 1. The summed E-state index contributed by atoms with van der Waals surface area (Å²) in [4.78, 5) is 29.8. The Morgan fingerprint density at radius 1 is 0.963 bits per heavy atom. The summed E-state index contributed by atoms with van der Waals surface area (Å²) < 4.78 is 5.38. The second-order valence-corrected chi connectivity index (χ2v) is 7.59. The Kier molecular flexibility index (Phi) is 5.08. The summed E-state index contributed by atoms with van der Waals surface area (Å²) >= 11 is 0. The molecule has 0 unspecified atom stereocenters. The van der Waals surface area contributed by atoms with Crippen LogP contribution in [0.4, 0.5) is 0 Å². The average molecular weight is 361 g/mol. The predicted molar refractivity (Wildman–Crippen MR) is 107 cm³/mol. The largest absolute Gasteiger partial charge is 0.454 e. The van der Waals surface area contributed by atoms with E-state index in [0.29, 0.717) is 5.56 Å². The molecule has 0 N–H and O–H groups in total. The van der Waals surface area contributed by atoms with E-state index in [1.54, 1.807) is 0 Å². The lowest BCUT2D eigenvalue weighted by molar-refractivity contribution is -0.129. The van der Waals surface area contributed by atoms with Gasteiger partial charge in [-0.15, -0.1) is 0 Å². The van der Waals surface area contributed by atoms with E-state index in [1.165, 1.54) is 0 Å². The number of pyridine rings is 1. The highest BCUT2D eigenvalue weighted by Crippen LogP contribution is 2.30. The highest BCUT2D eigenvalue weighted by molar-refractivity contribution is 6.07. The fraction of sp³-hybridized carbons (Fsp3) is 0.261. The van der Waals surface area contributed by atoms with Crippen LogP contribution in [-0.4, -0.2) is 23.3 Å². The molecule has 138 valence electrons. The molecule has 4 heteroatoms. The number of carbonyl (C=O) groups is 2. The minimum Gasteiger partial charge on any atom is -0.454 e. The Balaban J connectivity index is 2.07. The maximum atomic E-state index is 12.9. The van der Waals surface area contributed by atoms with Gasteiger partial charge in [-0.1, -0.05) is 69.3 Å². The monoisotopic (exact) mass is 361 g/mol. The number of ketones is 1. The van der Waals surface area contributed by atoms with Gasteiger partial charge in [0.05, 0.1) is 16.8 Å². The zero-order chi connectivity index (χ0) is 19.6. The molecule has 27 heavy (non-hydrogen) atoms. The second-order valence-electron chi connectivity index (χ2n) is 7.59. The van der Waals surface area contributed by atoms with Crippen molar-refractivity contribution >= 4 is 22.7 Å². The number of Topliss-reactive ketones (excluding diaryl/α,β-unsaturated/α-hetero) is 1. The summed E-state index contributed by atoms with van der Waals surface area (Å²) in [6, 6.07) is 17.2. The number of nitrogens with zero attached hydrogens (tertiary/aromatic N) is 1. The normalized spacial score (nSPS) is 11.4. The lowest BCUT2D eigenvalue weighted by Crippen LogP contribution is -2.26. The SMILES string of the molecule is Cc1c(-c2ccccc2)nc2ccccc2c1C(=O)OCC(=O)C(C)(C)C. The number of rotatable bonds is 4. The maximum absolute atomic E-state index is 12.9. The minimum absolute atomic E-state index is 0.116. The van der Waals surface area contributed by atoms with Crippen LogP contribution in [0.1, 0.15) is 36.7 Å². The molecule has 0 aliphatic rings. The molecular weight excluding hydrogens is 338 g/mol. The van der Waals surface area contributed by atoms with Crippen molar-refractivity contribution in [1.29, 1.82) is 0 Å². The highest BCUT2D eigenvalue weighted by Gasteiger charge is 2.25. The third kappa shape index (κ3) is 3.90. The van der Waals surface area contributed by atoms with Crippen molar-refractivity contribution in [2.45, 2.75) is 27.7 Å². The highest BCUT2D eigenvalue weighted by atomic mass is 16.5. The van der Waals surface area contributed by atoms with Gasteiger partial charge in [-0.05, 0) is 18.6 Å². The second kappa shape index (κ2) is 7.31. The van der Waals surface area contributed by atoms with Crippen LogP contribution < -0.4 is 0 Å². The molecule has 0 spiro atoms. The summed E-state index contributed by atoms with van der Waals surface area (Å²) in [7, 11) is 0. The van der Waals surface area contributed by atoms with Gasteiger partial charge in [0.25, 0.3) is 0 Å². The molecule has 0 radical (unpaired) electrons. The lowest BCUT2D eigenvalue weighted by atomic mass is 9.91. The predicted octanol–water partition coefficient (Wildman–Crippen LogP) is 4.98. The zero-order valence-corrected chi connectivity index (χ0v) is 16.1. The van der Waals surface area contributed by atoms with Crippen LogP contribution in [0.15, 0.2) is 54.6 Å². The first-order valence-corrected chi connectivity index (χ1v) is 8.94. The number of hydrogen-bond acceptors (Lipinski definition) is 4. The van der Waals surface area contributed by atoms with E-state index in [-0.39, 0.29) is 12.4 Å². The van der Waals surface area contributed by atoms with Crippen molar-refractivity contribution in [3.63, 3.8) is 0 Å². The van der Waals surface area contributed by atoms with Gasteiger partial charge >= 0.3 is 5.97 Å². The van der Waals surface area contributed by atoms with Crippen LogP contribution in [-0.2, 0) is 9.53 Å². The molecule has 3 aromatic rings. The molecule has 4 nitrogen and oxygen atoms in total. The fourth-order valence-corrected chi connectivity index (χ4v) is 2.87. The summed E-state index contributed by atoms with van der Waals surface area (Å²) in [5.74, 6) is -0.615. The van der Waals surface area contributed by atoms with E-state index in [1.807, 2.05) is 82.3 Å². The first-order chi connectivity index (χ1) is 12.8. The van der Waals surface area contributed by atoms with Crippen LogP contribution in [0.2, 0.25) is 0 Å². The Labute approximate surface area is 159 Å². The van der Waals surface area contributed by atoms with Crippen molar-refractivity contribution in [3.8, 4) is 11.3 Å². The van der Waals surface area contributed by atoms with E-state index in [2.05, 4.69) is 0 Å². The maximum Gasteiger partial charge on any atom is 0.339 e. The molecule has 0 atom stereocenters. The van der Waals surface area contributed by atoms with Crippen molar-refractivity contribution in [1.82, 2.24) is 4.98 Å². The minimum atomic E-state index is -0.551. The molecule has 0 saturated carbocycles. The zero-order valence-electron chi connectivity index (χ0n) is 16.1. The first kappa shape index (κ1) is 18.8. The molecule has 0 amide bonds. The smallest absolute Gasteiger partial charge is 0.339 e. The number of hydrogen-bond donors (Lipinski definition) is 0. The third-order valence-corrected chi connectivity index (χ3v) is 4.56. The molecule has 1 aromatic heterocycles. The third-order valence-electron chi connectivity index (χ3n) is 4.56. The lowest BCUT2D eigenvalue weighted by Gasteiger charge is -2.17. The Morgan fingerprint density at radius 2 is 1.59 bits per heavy atom. The van der Waals surface area contributed by atoms with Crippen LogP contribution in [0, 0.1) is 12.3 Å². The standard InChI is InChI=1S/C23H23NO3/c1-15-20(22(26)27-14-19(25)23(2,3)4)17-12-8-9-13-18(17)24-21(15)16-10-6-5-7-11-16/h5-13H,14H2,1-4H3. The number of benzene rings is 2. The van der Waals surface area contributed by atoms with Gasteiger partial charge in [-0.25, -0.2) is 9.78 Å². The van der Waals surface area contributed by atoms with Gasteiger partial charge < -0.3 is 4.74 Å². The first-order valence-electron chi connectivity index (χ1n) is 8.94. The van der Waals surface area contributed by atoms with Crippen molar-refractivity contribution < 1.29 is 14.3 Å². The van der Waals surface area contributed by atoms with Crippen LogP contribution >= 0.6 is 0 Å². The van der Waals surface area contributed by atoms with Crippen LogP contribution in [0.5, 0.6) is 0 Å². The van der Waals surface area contributed by atoms with Crippen molar-refractivity contribution in [2.75, 3.05) is 6.61 Å². The summed E-state index contributed by atoms with van der Waals surface area (Å²) in [6.45, 7) is 7.06. The van der Waals surface area contributed by atoms with Gasteiger partial charge in [-0.3, -0.25) is 4.79 Å². The van der Waals surface area contributed by atoms with Gasteiger partial charge in [0, 0.05) is 16.4 Å². The molecule has 0 aliphatic heterocycles. The van der Waals surface area contributed by atoms with E-state index in [4.69, 9.17) is 9.72 Å². The van der Waals surface area contributed by atoms with Crippen molar-refractivity contribution in [3.05, 3.63) is 65.7 Å². The van der Waals surface area contributed by atoms with Gasteiger partial charge in [-0.2, -0.15) is 0 Å². The van der Waals surface area contributed by atoms with Crippen LogP contribution in [0.25, 0.3) is 22.2 Å². The quantitative estimate of drug-likeness (QED) is 0.615. The molecule has 1 heterocycles.